The van der Waals surface area contributed by atoms with Crippen molar-refractivity contribution in [3.05, 3.63) is 29.3 Å². The van der Waals surface area contributed by atoms with E-state index < -0.39 is 0 Å². The highest BCUT2D eigenvalue weighted by molar-refractivity contribution is 5.91. The molecule has 94 valence electrons. The minimum absolute atomic E-state index is 0.258. The van der Waals surface area contributed by atoms with Gasteiger partial charge in [-0.2, -0.15) is 0 Å². The number of carbonyl (C=O) groups excluding carboxylic acids is 1. The van der Waals surface area contributed by atoms with E-state index in [4.69, 9.17) is 4.74 Å². The number of hydrogen-bond acceptors (Lipinski definition) is 3. The lowest BCUT2D eigenvalue weighted by Crippen LogP contribution is -2.12. The van der Waals surface area contributed by atoms with E-state index in [0.717, 1.165) is 17.7 Å². The highest BCUT2D eigenvalue weighted by atomic mass is 16.5. The molecule has 0 aliphatic heterocycles. The van der Waals surface area contributed by atoms with Crippen molar-refractivity contribution in [2.45, 2.75) is 20.3 Å². The Labute approximate surface area is 103 Å². The molecule has 0 bridgehead atoms. The lowest BCUT2D eigenvalue weighted by molar-refractivity contribution is 0.0599. The van der Waals surface area contributed by atoms with Crippen LogP contribution in [0, 0.1) is 5.92 Å². The Morgan fingerprint density at radius 2 is 2.00 bits per heavy atom. The SMILES string of the molecule is COC(=O)c1ccc(N(C)C)cc1CC(C)C. The van der Waals surface area contributed by atoms with Crippen LogP contribution in [0.15, 0.2) is 18.2 Å². The number of anilines is 1. The zero-order valence-electron chi connectivity index (χ0n) is 11.3. The molecule has 1 aromatic rings. The van der Waals surface area contributed by atoms with E-state index >= 15 is 0 Å². The first-order chi connectivity index (χ1) is 7.95. The minimum Gasteiger partial charge on any atom is -0.465 e. The highest BCUT2D eigenvalue weighted by Gasteiger charge is 2.13. The van der Waals surface area contributed by atoms with Crippen molar-refractivity contribution in [1.82, 2.24) is 0 Å². The lowest BCUT2D eigenvalue weighted by atomic mass is 9.97. The Hall–Kier alpha value is -1.51. The van der Waals surface area contributed by atoms with Gasteiger partial charge in [-0.1, -0.05) is 13.8 Å². The summed E-state index contributed by atoms with van der Waals surface area (Å²) in [6.07, 6.45) is 0.881. The standard InChI is InChI=1S/C14H21NO2/c1-10(2)8-11-9-12(15(3)4)6-7-13(11)14(16)17-5/h6-7,9-10H,8H2,1-5H3. The molecular formula is C14H21NO2. The van der Waals surface area contributed by atoms with Crippen molar-refractivity contribution in [3.8, 4) is 0 Å². The number of carbonyl (C=O) groups is 1. The fourth-order valence-corrected chi connectivity index (χ4v) is 1.78. The molecule has 0 unspecified atom stereocenters. The maximum atomic E-state index is 11.7. The molecule has 3 nitrogen and oxygen atoms in total. The molecule has 0 atom stereocenters. The van der Waals surface area contributed by atoms with Crippen LogP contribution in [-0.4, -0.2) is 27.2 Å². The Morgan fingerprint density at radius 3 is 2.47 bits per heavy atom. The quantitative estimate of drug-likeness (QED) is 0.751. The van der Waals surface area contributed by atoms with Crippen molar-refractivity contribution < 1.29 is 9.53 Å². The molecule has 1 rings (SSSR count). The van der Waals surface area contributed by atoms with Gasteiger partial charge < -0.3 is 9.64 Å². The van der Waals surface area contributed by atoms with Gasteiger partial charge in [-0.15, -0.1) is 0 Å². The van der Waals surface area contributed by atoms with Gasteiger partial charge in [0.1, 0.15) is 0 Å². The smallest absolute Gasteiger partial charge is 0.338 e. The van der Waals surface area contributed by atoms with E-state index in [1.165, 1.54) is 7.11 Å². The number of hydrogen-bond donors (Lipinski definition) is 0. The van der Waals surface area contributed by atoms with E-state index in [1.807, 2.05) is 31.1 Å². The van der Waals surface area contributed by atoms with Gasteiger partial charge in [-0.25, -0.2) is 4.79 Å². The van der Waals surface area contributed by atoms with Gasteiger partial charge >= 0.3 is 5.97 Å². The Kier molecular flexibility index (Phi) is 4.55. The summed E-state index contributed by atoms with van der Waals surface area (Å²) in [6, 6.07) is 5.85. The fraction of sp³-hybridized carbons (Fsp3) is 0.500. The number of esters is 1. The summed E-state index contributed by atoms with van der Waals surface area (Å²) in [5.41, 5.74) is 2.83. The summed E-state index contributed by atoms with van der Waals surface area (Å²) in [7, 11) is 5.40. The van der Waals surface area contributed by atoms with Gasteiger partial charge in [0.05, 0.1) is 12.7 Å². The van der Waals surface area contributed by atoms with Crippen LogP contribution in [0.25, 0.3) is 0 Å². The zero-order chi connectivity index (χ0) is 13.0. The second kappa shape index (κ2) is 5.71. The summed E-state index contributed by atoms with van der Waals surface area (Å²) < 4.78 is 4.81. The van der Waals surface area contributed by atoms with Gasteiger partial charge in [-0.3, -0.25) is 0 Å². The van der Waals surface area contributed by atoms with Gasteiger partial charge in [-0.05, 0) is 36.1 Å². The first-order valence-corrected chi connectivity index (χ1v) is 5.84. The molecule has 0 aliphatic rings. The fourth-order valence-electron chi connectivity index (χ4n) is 1.78. The Bertz CT molecular complexity index is 397. The first kappa shape index (κ1) is 13.6. The van der Waals surface area contributed by atoms with E-state index in [1.54, 1.807) is 0 Å². The molecule has 17 heavy (non-hydrogen) atoms. The first-order valence-electron chi connectivity index (χ1n) is 5.84. The average Bonchev–Trinajstić information content (AvgIpc) is 2.27. The van der Waals surface area contributed by atoms with E-state index in [2.05, 4.69) is 19.9 Å². The summed E-state index contributed by atoms with van der Waals surface area (Å²) >= 11 is 0. The molecule has 1 aromatic carbocycles. The van der Waals surface area contributed by atoms with Crippen molar-refractivity contribution in [3.63, 3.8) is 0 Å². The van der Waals surface area contributed by atoms with Gasteiger partial charge in [0, 0.05) is 19.8 Å². The summed E-state index contributed by atoms with van der Waals surface area (Å²) in [5.74, 6) is 0.252. The van der Waals surface area contributed by atoms with Crippen LogP contribution in [0.1, 0.15) is 29.8 Å². The molecule has 0 saturated carbocycles. The number of methoxy groups -OCH3 is 1. The average molecular weight is 235 g/mol. The second-order valence-corrected chi connectivity index (χ2v) is 4.83. The summed E-state index contributed by atoms with van der Waals surface area (Å²) in [4.78, 5) is 13.7. The van der Waals surface area contributed by atoms with E-state index in [-0.39, 0.29) is 5.97 Å². The number of ether oxygens (including phenoxy) is 1. The molecule has 3 heteroatoms. The molecule has 0 fully saturated rings. The second-order valence-electron chi connectivity index (χ2n) is 4.83. The van der Waals surface area contributed by atoms with Crippen LogP contribution in [-0.2, 0) is 11.2 Å². The van der Waals surface area contributed by atoms with Crippen LogP contribution in [0.4, 0.5) is 5.69 Å². The van der Waals surface area contributed by atoms with Gasteiger partial charge in [0.25, 0.3) is 0 Å². The molecule has 0 N–H and O–H groups in total. The topological polar surface area (TPSA) is 29.5 Å². The molecule has 0 aliphatic carbocycles. The number of rotatable bonds is 4. The summed E-state index contributed by atoms with van der Waals surface area (Å²) in [6.45, 7) is 4.28. The predicted octanol–water partition coefficient (Wildman–Crippen LogP) is 2.74. The minimum atomic E-state index is -0.258. The summed E-state index contributed by atoms with van der Waals surface area (Å²) in [5, 5.41) is 0. The predicted molar refractivity (Wildman–Crippen MR) is 70.7 cm³/mol. The van der Waals surface area contributed by atoms with Gasteiger partial charge in [0.2, 0.25) is 0 Å². The third kappa shape index (κ3) is 3.48. The Balaban J connectivity index is 3.16. The monoisotopic (exact) mass is 235 g/mol. The molecule has 0 radical (unpaired) electrons. The molecule has 0 aromatic heterocycles. The highest BCUT2D eigenvalue weighted by Crippen LogP contribution is 2.21. The maximum Gasteiger partial charge on any atom is 0.338 e. The van der Waals surface area contributed by atoms with Crippen molar-refractivity contribution in [2.24, 2.45) is 5.92 Å². The molecule has 0 saturated heterocycles. The van der Waals surface area contributed by atoms with Crippen molar-refractivity contribution >= 4 is 11.7 Å². The number of benzene rings is 1. The largest absolute Gasteiger partial charge is 0.465 e. The van der Waals surface area contributed by atoms with Gasteiger partial charge in [0.15, 0.2) is 0 Å². The lowest BCUT2D eigenvalue weighted by Gasteiger charge is -2.17. The maximum absolute atomic E-state index is 11.7. The molecule has 0 spiro atoms. The van der Waals surface area contributed by atoms with Crippen molar-refractivity contribution in [1.29, 1.82) is 0 Å². The molecule has 0 heterocycles. The third-order valence-corrected chi connectivity index (χ3v) is 2.64. The van der Waals surface area contributed by atoms with E-state index in [0.29, 0.717) is 11.5 Å². The molecular weight excluding hydrogens is 214 g/mol. The van der Waals surface area contributed by atoms with Crippen LogP contribution in [0.5, 0.6) is 0 Å². The van der Waals surface area contributed by atoms with Crippen molar-refractivity contribution in [2.75, 3.05) is 26.1 Å². The Morgan fingerprint density at radius 1 is 1.35 bits per heavy atom. The third-order valence-electron chi connectivity index (χ3n) is 2.64. The normalized spacial score (nSPS) is 10.5. The number of nitrogens with zero attached hydrogens (tertiary/aromatic N) is 1. The van der Waals surface area contributed by atoms with Crippen LogP contribution >= 0.6 is 0 Å². The molecule has 0 amide bonds. The van der Waals surface area contributed by atoms with Crippen LogP contribution in [0.2, 0.25) is 0 Å². The van der Waals surface area contributed by atoms with E-state index in [9.17, 15) is 4.79 Å². The van der Waals surface area contributed by atoms with Crippen LogP contribution < -0.4 is 4.90 Å². The van der Waals surface area contributed by atoms with Crippen LogP contribution in [0.3, 0.4) is 0 Å². The zero-order valence-corrected chi connectivity index (χ0v) is 11.3.